The average Bonchev–Trinajstić information content (AvgIpc) is 2.77. The molecule has 9 heteroatoms. The molecule has 2 heterocycles. The maximum absolute atomic E-state index is 14.7. The van der Waals surface area contributed by atoms with Crippen LogP contribution in [0.15, 0.2) is 35.4 Å². The molecule has 0 saturated carbocycles. The number of benzene rings is 1. The standard InChI is InChI=1S/C18H17ClF3N3OS/c19-13-10-23-16(25-7-2-5-18(21,22)6-8-25)14(15(13)20)17(26)24-11-3-1-4-12(27)9-11/h1,3-4,9-10,27H,2,5-8H2,(H,24,26). The van der Waals surface area contributed by atoms with Gasteiger partial charge in [-0.15, -0.1) is 12.6 Å². The fourth-order valence-corrected chi connectivity index (χ4v) is 3.32. The van der Waals surface area contributed by atoms with Crippen LogP contribution in [0.1, 0.15) is 29.6 Å². The molecule has 0 atom stereocenters. The summed E-state index contributed by atoms with van der Waals surface area (Å²) in [6.45, 7) is 0.212. The molecule has 0 bridgehead atoms. The Kier molecular flexibility index (Phi) is 5.86. The van der Waals surface area contributed by atoms with Gasteiger partial charge in [0.2, 0.25) is 5.92 Å². The lowest BCUT2D eigenvalue weighted by molar-refractivity contribution is -0.0102. The van der Waals surface area contributed by atoms with Crippen molar-refractivity contribution in [2.75, 3.05) is 23.3 Å². The van der Waals surface area contributed by atoms with E-state index in [1.54, 1.807) is 24.3 Å². The van der Waals surface area contributed by atoms with Crippen molar-refractivity contribution in [3.8, 4) is 0 Å². The minimum atomic E-state index is -2.78. The van der Waals surface area contributed by atoms with Crippen molar-refractivity contribution in [2.45, 2.75) is 30.1 Å². The smallest absolute Gasteiger partial charge is 0.262 e. The first kappa shape index (κ1) is 19.8. The number of carbonyl (C=O) groups excluding carboxylic acids is 1. The minimum absolute atomic E-state index is 0.00845. The van der Waals surface area contributed by atoms with Gasteiger partial charge in [0.25, 0.3) is 5.91 Å². The number of rotatable bonds is 3. The van der Waals surface area contributed by atoms with Crippen LogP contribution in [0.25, 0.3) is 0 Å². The molecule has 1 saturated heterocycles. The van der Waals surface area contributed by atoms with Gasteiger partial charge in [-0.1, -0.05) is 17.7 Å². The van der Waals surface area contributed by atoms with E-state index < -0.39 is 17.6 Å². The second-order valence-corrected chi connectivity index (χ2v) is 7.24. The highest BCUT2D eigenvalue weighted by molar-refractivity contribution is 7.80. The number of anilines is 2. The molecule has 27 heavy (non-hydrogen) atoms. The molecule has 4 nitrogen and oxygen atoms in total. The number of amides is 1. The van der Waals surface area contributed by atoms with Crippen LogP contribution in [0.2, 0.25) is 5.02 Å². The van der Waals surface area contributed by atoms with Crippen LogP contribution in [-0.4, -0.2) is 29.9 Å². The number of thiol groups is 1. The van der Waals surface area contributed by atoms with E-state index in [1.165, 1.54) is 4.90 Å². The zero-order valence-corrected chi connectivity index (χ0v) is 15.8. The first-order chi connectivity index (χ1) is 12.8. The summed E-state index contributed by atoms with van der Waals surface area (Å²) in [5.41, 5.74) is 0.0532. The van der Waals surface area contributed by atoms with E-state index in [2.05, 4.69) is 22.9 Å². The first-order valence-corrected chi connectivity index (χ1v) is 9.16. The molecule has 1 aliphatic rings. The van der Waals surface area contributed by atoms with Crippen LogP contribution in [0.4, 0.5) is 24.7 Å². The Hall–Kier alpha value is -1.93. The summed E-state index contributed by atoms with van der Waals surface area (Å²) in [4.78, 5) is 18.9. The Bertz CT molecular complexity index is 866. The third-order valence-electron chi connectivity index (χ3n) is 4.30. The van der Waals surface area contributed by atoms with Crippen LogP contribution < -0.4 is 10.2 Å². The third-order valence-corrected chi connectivity index (χ3v) is 4.84. The first-order valence-electron chi connectivity index (χ1n) is 8.34. The highest BCUT2D eigenvalue weighted by Gasteiger charge is 2.34. The van der Waals surface area contributed by atoms with Crippen molar-refractivity contribution in [3.05, 3.63) is 46.9 Å². The number of pyridine rings is 1. The van der Waals surface area contributed by atoms with Crippen LogP contribution >= 0.6 is 24.2 Å². The molecular weight excluding hydrogens is 399 g/mol. The summed E-state index contributed by atoms with van der Waals surface area (Å²) < 4.78 is 42.0. The van der Waals surface area contributed by atoms with Gasteiger partial charge in [0.05, 0.1) is 11.2 Å². The number of hydrogen-bond acceptors (Lipinski definition) is 4. The number of hydrogen-bond donors (Lipinski definition) is 2. The van der Waals surface area contributed by atoms with Crippen molar-refractivity contribution in [1.29, 1.82) is 0 Å². The van der Waals surface area contributed by atoms with Crippen molar-refractivity contribution in [1.82, 2.24) is 4.98 Å². The van der Waals surface area contributed by atoms with Gasteiger partial charge < -0.3 is 10.2 Å². The fraction of sp³-hybridized carbons (Fsp3) is 0.333. The molecule has 0 radical (unpaired) electrons. The lowest BCUT2D eigenvalue weighted by Gasteiger charge is -2.24. The largest absolute Gasteiger partial charge is 0.356 e. The number of aromatic nitrogens is 1. The summed E-state index contributed by atoms with van der Waals surface area (Å²) in [5, 5.41) is 2.26. The van der Waals surface area contributed by atoms with Crippen LogP contribution in [0.5, 0.6) is 0 Å². The molecule has 144 valence electrons. The minimum Gasteiger partial charge on any atom is -0.356 e. The topological polar surface area (TPSA) is 45.2 Å². The van der Waals surface area contributed by atoms with Crippen molar-refractivity contribution in [3.63, 3.8) is 0 Å². The number of alkyl halides is 2. The molecule has 1 aromatic carbocycles. The lowest BCUT2D eigenvalue weighted by Crippen LogP contribution is -2.30. The Morgan fingerprint density at radius 3 is 2.81 bits per heavy atom. The van der Waals surface area contributed by atoms with E-state index in [0.29, 0.717) is 10.6 Å². The highest BCUT2D eigenvalue weighted by Crippen LogP contribution is 2.32. The van der Waals surface area contributed by atoms with E-state index >= 15 is 0 Å². The molecule has 0 aliphatic carbocycles. The number of nitrogens with zero attached hydrogens (tertiary/aromatic N) is 2. The van der Waals surface area contributed by atoms with E-state index in [1.807, 2.05) is 0 Å². The molecule has 3 rings (SSSR count). The van der Waals surface area contributed by atoms with E-state index in [4.69, 9.17) is 11.6 Å². The molecule has 1 amide bonds. The van der Waals surface area contributed by atoms with Gasteiger partial charge in [-0.25, -0.2) is 18.2 Å². The Labute approximate surface area is 165 Å². The van der Waals surface area contributed by atoms with E-state index in [9.17, 15) is 18.0 Å². The zero-order chi connectivity index (χ0) is 19.6. The summed E-state index contributed by atoms with van der Waals surface area (Å²) in [6, 6.07) is 6.63. The monoisotopic (exact) mass is 415 g/mol. The van der Waals surface area contributed by atoms with E-state index in [-0.39, 0.29) is 48.8 Å². The maximum atomic E-state index is 14.7. The van der Waals surface area contributed by atoms with Gasteiger partial charge in [-0.2, -0.15) is 0 Å². The zero-order valence-electron chi connectivity index (χ0n) is 14.2. The quantitative estimate of drug-likeness (QED) is 0.690. The van der Waals surface area contributed by atoms with Gasteiger partial charge in [0, 0.05) is 36.5 Å². The maximum Gasteiger partial charge on any atom is 0.262 e. The van der Waals surface area contributed by atoms with Gasteiger partial charge >= 0.3 is 0 Å². The van der Waals surface area contributed by atoms with Crippen LogP contribution in [0, 0.1) is 5.82 Å². The number of halogens is 4. The van der Waals surface area contributed by atoms with Crippen LogP contribution in [-0.2, 0) is 0 Å². The fourth-order valence-electron chi connectivity index (χ4n) is 2.95. The molecule has 1 aliphatic heterocycles. The summed E-state index contributed by atoms with van der Waals surface area (Å²) in [5.74, 6) is -4.46. The molecule has 0 spiro atoms. The SMILES string of the molecule is O=C(Nc1cccc(S)c1)c1c(N2CCCC(F)(F)CC2)ncc(Cl)c1F. The van der Waals surface area contributed by atoms with Crippen molar-refractivity contribution < 1.29 is 18.0 Å². The molecule has 0 unspecified atom stereocenters. The normalized spacial score (nSPS) is 16.7. The lowest BCUT2D eigenvalue weighted by atomic mass is 10.1. The molecule has 1 aromatic heterocycles. The van der Waals surface area contributed by atoms with Crippen molar-refractivity contribution in [2.24, 2.45) is 0 Å². The highest BCUT2D eigenvalue weighted by atomic mass is 35.5. The Balaban J connectivity index is 1.94. The molecular formula is C18H17ClF3N3OS. The molecule has 2 aromatic rings. The second-order valence-electron chi connectivity index (χ2n) is 6.32. The average molecular weight is 416 g/mol. The summed E-state index contributed by atoms with van der Waals surface area (Å²) in [6.07, 6.45) is 0.652. The molecule has 1 fully saturated rings. The van der Waals surface area contributed by atoms with Gasteiger partial charge in [-0.3, -0.25) is 4.79 Å². The molecule has 1 N–H and O–H groups in total. The van der Waals surface area contributed by atoms with Crippen molar-refractivity contribution >= 4 is 41.6 Å². The third kappa shape index (κ3) is 4.68. The van der Waals surface area contributed by atoms with Gasteiger partial charge in [0.15, 0.2) is 5.82 Å². The Morgan fingerprint density at radius 1 is 1.30 bits per heavy atom. The summed E-state index contributed by atoms with van der Waals surface area (Å²) in [7, 11) is 0. The number of nitrogens with one attached hydrogen (secondary N) is 1. The summed E-state index contributed by atoms with van der Waals surface area (Å²) >= 11 is 10.0. The van der Waals surface area contributed by atoms with E-state index in [0.717, 1.165) is 6.20 Å². The predicted octanol–water partition coefficient (Wildman–Crippen LogP) is 5.04. The predicted molar refractivity (Wildman–Crippen MR) is 102 cm³/mol. The number of carbonyl (C=O) groups is 1. The van der Waals surface area contributed by atoms with Gasteiger partial charge in [-0.05, 0) is 24.6 Å². The Morgan fingerprint density at radius 2 is 2.07 bits per heavy atom. The van der Waals surface area contributed by atoms with Gasteiger partial charge in [0.1, 0.15) is 11.4 Å². The van der Waals surface area contributed by atoms with Crippen LogP contribution in [0.3, 0.4) is 0 Å². The second kappa shape index (κ2) is 7.98.